The quantitative estimate of drug-likeness (QED) is 0.580. The Balaban J connectivity index is 1.52. The van der Waals surface area contributed by atoms with Crippen molar-refractivity contribution in [2.24, 2.45) is 0 Å². The predicted octanol–water partition coefficient (Wildman–Crippen LogP) is -0.0419. The highest BCUT2D eigenvalue weighted by atomic mass is 16.6. The summed E-state index contributed by atoms with van der Waals surface area (Å²) in [7, 11) is 0. The SMILES string of the molecule is C1C[C@H]2OC[C@H](OCC3CO3)C2O1. The van der Waals surface area contributed by atoms with Crippen molar-refractivity contribution in [2.45, 2.75) is 30.8 Å². The van der Waals surface area contributed by atoms with Crippen molar-refractivity contribution in [2.75, 3.05) is 26.4 Å². The van der Waals surface area contributed by atoms with Crippen LogP contribution in [0.25, 0.3) is 0 Å². The first kappa shape index (κ1) is 8.17. The van der Waals surface area contributed by atoms with Crippen LogP contribution in [-0.4, -0.2) is 50.8 Å². The molecular weight excluding hydrogens is 172 g/mol. The van der Waals surface area contributed by atoms with Gasteiger partial charge < -0.3 is 18.9 Å². The third kappa shape index (κ3) is 1.59. The molecule has 0 amide bonds. The van der Waals surface area contributed by atoms with E-state index in [0.717, 1.165) is 19.6 Å². The molecule has 3 aliphatic heterocycles. The molecule has 0 N–H and O–H groups in total. The van der Waals surface area contributed by atoms with E-state index in [0.29, 0.717) is 19.3 Å². The Morgan fingerprint density at radius 2 is 2.08 bits per heavy atom. The van der Waals surface area contributed by atoms with Crippen LogP contribution in [0, 0.1) is 0 Å². The lowest BCUT2D eigenvalue weighted by molar-refractivity contribution is -0.0350. The van der Waals surface area contributed by atoms with E-state index in [1.54, 1.807) is 0 Å². The smallest absolute Gasteiger partial charge is 0.112 e. The van der Waals surface area contributed by atoms with Gasteiger partial charge in [-0.2, -0.15) is 0 Å². The van der Waals surface area contributed by atoms with Crippen molar-refractivity contribution in [1.82, 2.24) is 0 Å². The Bertz CT molecular complexity index is 192. The fourth-order valence-corrected chi connectivity index (χ4v) is 1.97. The van der Waals surface area contributed by atoms with Gasteiger partial charge >= 0.3 is 0 Å². The molecule has 3 aliphatic rings. The molecule has 2 unspecified atom stereocenters. The van der Waals surface area contributed by atoms with Gasteiger partial charge in [-0.25, -0.2) is 0 Å². The number of fused-ring (bicyclic) bond motifs is 1. The topological polar surface area (TPSA) is 40.2 Å². The number of epoxide rings is 1. The molecule has 13 heavy (non-hydrogen) atoms. The van der Waals surface area contributed by atoms with E-state index in [1.807, 2.05) is 0 Å². The molecule has 0 aromatic heterocycles. The molecule has 3 fully saturated rings. The molecule has 0 saturated carbocycles. The molecule has 0 aromatic carbocycles. The molecule has 74 valence electrons. The number of rotatable bonds is 3. The zero-order valence-corrected chi connectivity index (χ0v) is 7.48. The normalized spacial score (nSPS) is 48.0. The van der Waals surface area contributed by atoms with Crippen LogP contribution < -0.4 is 0 Å². The molecule has 4 heteroatoms. The van der Waals surface area contributed by atoms with Crippen molar-refractivity contribution in [3.8, 4) is 0 Å². The average molecular weight is 186 g/mol. The third-order valence-electron chi connectivity index (χ3n) is 2.82. The molecule has 3 rings (SSSR count). The van der Waals surface area contributed by atoms with Crippen LogP contribution >= 0.6 is 0 Å². The van der Waals surface area contributed by atoms with Crippen molar-refractivity contribution in [1.29, 1.82) is 0 Å². The molecule has 0 aromatic rings. The van der Waals surface area contributed by atoms with E-state index >= 15 is 0 Å². The molecule has 4 atom stereocenters. The van der Waals surface area contributed by atoms with Crippen LogP contribution in [0.4, 0.5) is 0 Å². The summed E-state index contributed by atoms with van der Waals surface area (Å²) >= 11 is 0. The summed E-state index contributed by atoms with van der Waals surface area (Å²) in [5.74, 6) is 0. The predicted molar refractivity (Wildman–Crippen MR) is 43.6 cm³/mol. The van der Waals surface area contributed by atoms with Gasteiger partial charge in [0.2, 0.25) is 0 Å². The Hall–Kier alpha value is -0.160. The minimum absolute atomic E-state index is 0.136. The first-order chi connectivity index (χ1) is 6.43. The third-order valence-corrected chi connectivity index (χ3v) is 2.82. The molecule has 0 aliphatic carbocycles. The van der Waals surface area contributed by atoms with E-state index in [-0.39, 0.29) is 18.3 Å². The van der Waals surface area contributed by atoms with Crippen LogP contribution in [0.2, 0.25) is 0 Å². The average Bonchev–Trinajstić information content (AvgIpc) is 2.72. The zero-order chi connectivity index (χ0) is 8.67. The van der Waals surface area contributed by atoms with Gasteiger partial charge in [-0.15, -0.1) is 0 Å². The number of hydrogen-bond acceptors (Lipinski definition) is 4. The second-order valence-corrected chi connectivity index (χ2v) is 3.82. The Kier molecular flexibility index (Phi) is 2.01. The maximum Gasteiger partial charge on any atom is 0.112 e. The van der Waals surface area contributed by atoms with Gasteiger partial charge in [0.25, 0.3) is 0 Å². The standard InChI is InChI=1S/C9H14O4/c1-2-10-9-7(1)13-5-8(9)12-4-6-3-11-6/h6-9H,1-5H2/t6?,7-,8+,9?/m1/s1. The number of hydrogen-bond donors (Lipinski definition) is 0. The maximum absolute atomic E-state index is 5.67. The lowest BCUT2D eigenvalue weighted by atomic mass is 10.1. The van der Waals surface area contributed by atoms with Gasteiger partial charge in [0.15, 0.2) is 0 Å². The largest absolute Gasteiger partial charge is 0.373 e. The molecule has 0 bridgehead atoms. The molecule has 0 radical (unpaired) electrons. The zero-order valence-electron chi connectivity index (χ0n) is 7.48. The van der Waals surface area contributed by atoms with E-state index in [9.17, 15) is 0 Å². The molecular formula is C9H14O4. The molecule has 3 heterocycles. The summed E-state index contributed by atoms with van der Waals surface area (Å²) in [6, 6.07) is 0. The van der Waals surface area contributed by atoms with Crippen LogP contribution in [0.15, 0.2) is 0 Å². The van der Waals surface area contributed by atoms with E-state index in [2.05, 4.69) is 0 Å². The van der Waals surface area contributed by atoms with Crippen LogP contribution in [0.5, 0.6) is 0 Å². The van der Waals surface area contributed by atoms with Crippen molar-refractivity contribution in [3.05, 3.63) is 0 Å². The summed E-state index contributed by atoms with van der Waals surface area (Å²) < 4.78 is 21.8. The second-order valence-electron chi connectivity index (χ2n) is 3.82. The van der Waals surface area contributed by atoms with E-state index in [1.165, 1.54) is 0 Å². The second kappa shape index (κ2) is 3.20. The first-order valence-corrected chi connectivity index (χ1v) is 4.90. The monoisotopic (exact) mass is 186 g/mol. The summed E-state index contributed by atoms with van der Waals surface area (Å²) in [6.07, 6.45) is 1.95. The molecule has 4 nitrogen and oxygen atoms in total. The van der Waals surface area contributed by atoms with Crippen LogP contribution in [0.1, 0.15) is 6.42 Å². The lowest BCUT2D eigenvalue weighted by Crippen LogP contribution is -2.31. The highest BCUT2D eigenvalue weighted by molar-refractivity contribution is 4.90. The Morgan fingerprint density at radius 1 is 1.15 bits per heavy atom. The first-order valence-electron chi connectivity index (χ1n) is 4.90. The Labute approximate surface area is 77.1 Å². The minimum Gasteiger partial charge on any atom is -0.373 e. The van der Waals surface area contributed by atoms with E-state index in [4.69, 9.17) is 18.9 Å². The van der Waals surface area contributed by atoms with Crippen molar-refractivity contribution in [3.63, 3.8) is 0 Å². The highest BCUT2D eigenvalue weighted by Gasteiger charge is 2.43. The van der Waals surface area contributed by atoms with Gasteiger partial charge in [-0.3, -0.25) is 0 Å². The molecule has 3 saturated heterocycles. The van der Waals surface area contributed by atoms with Crippen molar-refractivity contribution < 1.29 is 18.9 Å². The van der Waals surface area contributed by atoms with Gasteiger partial charge in [0.05, 0.1) is 25.9 Å². The highest BCUT2D eigenvalue weighted by Crippen LogP contribution is 2.28. The van der Waals surface area contributed by atoms with Crippen LogP contribution in [0.3, 0.4) is 0 Å². The van der Waals surface area contributed by atoms with E-state index < -0.39 is 0 Å². The van der Waals surface area contributed by atoms with Gasteiger partial charge in [-0.1, -0.05) is 0 Å². The minimum atomic E-state index is 0.136. The summed E-state index contributed by atoms with van der Waals surface area (Å²) in [4.78, 5) is 0. The van der Waals surface area contributed by atoms with Gasteiger partial charge in [0, 0.05) is 6.61 Å². The summed E-state index contributed by atoms with van der Waals surface area (Å²) in [5.41, 5.74) is 0. The maximum atomic E-state index is 5.67. The summed E-state index contributed by atoms with van der Waals surface area (Å²) in [5, 5.41) is 0. The number of ether oxygens (including phenoxy) is 4. The van der Waals surface area contributed by atoms with Crippen molar-refractivity contribution >= 4 is 0 Å². The lowest BCUT2D eigenvalue weighted by Gasteiger charge is -2.15. The van der Waals surface area contributed by atoms with Gasteiger partial charge in [0.1, 0.15) is 18.3 Å². The summed E-state index contributed by atoms with van der Waals surface area (Å²) in [6.45, 7) is 3.04. The Morgan fingerprint density at radius 3 is 2.92 bits per heavy atom. The van der Waals surface area contributed by atoms with Crippen LogP contribution in [-0.2, 0) is 18.9 Å². The fraction of sp³-hybridized carbons (Fsp3) is 1.00. The fourth-order valence-electron chi connectivity index (χ4n) is 1.97. The van der Waals surface area contributed by atoms with Gasteiger partial charge in [-0.05, 0) is 6.42 Å². The molecule has 0 spiro atoms.